The zero-order chi connectivity index (χ0) is 19.6. The summed E-state index contributed by atoms with van der Waals surface area (Å²) in [5.74, 6) is -1.09. The van der Waals surface area contributed by atoms with Gasteiger partial charge in [-0.2, -0.15) is 10.2 Å². The topological polar surface area (TPSA) is 111 Å². The zero-order valence-electron chi connectivity index (χ0n) is 15.1. The largest absolute Gasteiger partial charge is 0.476 e. The standard InChI is InChI=1S/C18H19N5O4/c1-11-4-5-15(12(2)6-11)27-10-23-8-13(7-19-23)20-17(24)14-9-22(3)21-16(14)18(25)26/h4-9H,10H2,1-3H3,(H,20,24)(H,25,26). The second kappa shape index (κ2) is 7.32. The van der Waals surface area contributed by atoms with Gasteiger partial charge in [0.1, 0.15) is 5.75 Å². The Balaban J connectivity index is 1.66. The number of carbonyl (C=O) groups is 2. The molecule has 1 amide bonds. The molecule has 0 fully saturated rings. The van der Waals surface area contributed by atoms with Gasteiger partial charge in [-0.15, -0.1) is 0 Å². The van der Waals surface area contributed by atoms with Gasteiger partial charge >= 0.3 is 5.97 Å². The van der Waals surface area contributed by atoms with Crippen LogP contribution in [0.2, 0.25) is 0 Å². The highest BCUT2D eigenvalue weighted by molar-refractivity contribution is 6.09. The van der Waals surface area contributed by atoms with Crippen LogP contribution >= 0.6 is 0 Å². The molecule has 2 N–H and O–H groups in total. The number of aryl methyl sites for hydroxylation is 3. The molecule has 0 bridgehead atoms. The van der Waals surface area contributed by atoms with Gasteiger partial charge in [0.15, 0.2) is 12.4 Å². The van der Waals surface area contributed by atoms with Crippen LogP contribution in [-0.4, -0.2) is 36.5 Å². The minimum Gasteiger partial charge on any atom is -0.476 e. The molecule has 0 atom stereocenters. The third kappa shape index (κ3) is 4.14. The number of amides is 1. The molecule has 0 spiro atoms. The SMILES string of the molecule is Cc1ccc(OCn2cc(NC(=O)c3cn(C)nc3C(=O)O)cn2)c(C)c1. The van der Waals surface area contributed by atoms with Crippen LogP contribution in [0, 0.1) is 13.8 Å². The van der Waals surface area contributed by atoms with E-state index in [1.54, 1.807) is 13.2 Å². The predicted octanol–water partition coefficient (Wildman–Crippen LogP) is 2.22. The van der Waals surface area contributed by atoms with Crippen LogP contribution < -0.4 is 10.1 Å². The lowest BCUT2D eigenvalue weighted by atomic mass is 10.1. The van der Waals surface area contributed by atoms with Crippen molar-refractivity contribution >= 4 is 17.6 Å². The maximum Gasteiger partial charge on any atom is 0.357 e. The third-order valence-electron chi connectivity index (χ3n) is 3.85. The van der Waals surface area contributed by atoms with Crippen molar-refractivity contribution in [1.82, 2.24) is 19.6 Å². The van der Waals surface area contributed by atoms with E-state index in [0.29, 0.717) is 5.69 Å². The summed E-state index contributed by atoms with van der Waals surface area (Å²) in [6.07, 6.45) is 4.41. The monoisotopic (exact) mass is 369 g/mol. The van der Waals surface area contributed by atoms with Crippen molar-refractivity contribution in [3.05, 3.63) is 59.2 Å². The molecule has 1 aromatic carbocycles. The Morgan fingerprint density at radius 1 is 1.26 bits per heavy atom. The number of hydrogen-bond acceptors (Lipinski definition) is 5. The van der Waals surface area contributed by atoms with Gasteiger partial charge in [0.05, 0.1) is 23.6 Å². The zero-order valence-corrected chi connectivity index (χ0v) is 15.1. The summed E-state index contributed by atoms with van der Waals surface area (Å²) >= 11 is 0. The molecule has 140 valence electrons. The van der Waals surface area contributed by atoms with Crippen LogP contribution in [0.25, 0.3) is 0 Å². The number of anilines is 1. The number of nitrogens with zero attached hydrogens (tertiary/aromatic N) is 4. The van der Waals surface area contributed by atoms with Gasteiger partial charge in [-0.1, -0.05) is 17.7 Å². The Labute approximate surface area is 155 Å². The molecule has 0 saturated heterocycles. The van der Waals surface area contributed by atoms with Gasteiger partial charge in [-0.05, 0) is 25.5 Å². The Morgan fingerprint density at radius 2 is 2.04 bits per heavy atom. The van der Waals surface area contributed by atoms with Crippen molar-refractivity contribution in [1.29, 1.82) is 0 Å². The molecule has 3 aromatic rings. The summed E-state index contributed by atoms with van der Waals surface area (Å²) < 4.78 is 8.53. The first kappa shape index (κ1) is 18.2. The lowest BCUT2D eigenvalue weighted by Crippen LogP contribution is -2.15. The molecule has 2 heterocycles. The molecule has 9 heteroatoms. The van der Waals surface area contributed by atoms with E-state index in [9.17, 15) is 9.59 Å². The van der Waals surface area contributed by atoms with E-state index in [1.807, 2.05) is 32.0 Å². The summed E-state index contributed by atoms with van der Waals surface area (Å²) in [6, 6.07) is 5.88. The fourth-order valence-electron chi connectivity index (χ4n) is 2.61. The Hall–Kier alpha value is -3.62. The van der Waals surface area contributed by atoms with Crippen molar-refractivity contribution in [2.75, 3.05) is 5.32 Å². The van der Waals surface area contributed by atoms with Crippen molar-refractivity contribution in [2.24, 2.45) is 7.05 Å². The minimum atomic E-state index is -1.27. The first-order valence-corrected chi connectivity index (χ1v) is 8.14. The lowest BCUT2D eigenvalue weighted by Gasteiger charge is -2.09. The highest BCUT2D eigenvalue weighted by Gasteiger charge is 2.21. The van der Waals surface area contributed by atoms with E-state index in [1.165, 1.54) is 21.8 Å². The molecule has 2 aromatic heterocycles. The summed E-state index contributed by atoms with van der Waals surface area (Å²) in [5.41, 5.74) is 2.27. The predicted molar refractivity (Wildman–Crippen MR) is 96.9 cm³/mol. The van der Waals surface area contributed by atoms with Crippen molar-refractivity contribution < 1.29 is 19.4 Å². The summed E-state index contributed by atoms with van der Waals surface area (Å²) in [7, 11) is 1.55. The second-order valence-electron chi connectivity index (χ2n) is 6.14. The summed E-state index contributed by atoms with van der Waals surface area (Å²) in [6.45, 7) is 4.15. The maximum absolute atomic E-state index is 12.3. The van der Waals surface area contributed by atoms with E-state index in [4.69, 9.17) is 9.84 Å². The number of aromatic carboxylic acids is 1. The quantitative estimate of drug-likeness (QED) is 0.689. The van der Waals surface area contributed by atoms with Crippen molar-refractivity contribution in [3.63, 3.8) is 0 Å². The van der Waals surface area contributed by atoms with E-state index in [0.717, 1.165) is 16.9 Å². The molecule has 0 aliphatic carbocycles. The van der Waals surface area contributed by atoms with Crippen LogP contribution in [0.3, 0.4) is 0 Å². The number of benzene rings is 1. The minimum absolute atomic E-state index is 0.0238. The van der Waals surface area contributed by atoms with E-state index in [2.05, 4.69) is 15.5 Å². The third-order valence-corrected chi connectivity index (χ3v) is 3.85. The molecule has 9 nitrogen and oxygen atoms in total. The highest BCUT2D eigenvalue weighted by Crippen LogP contribution is 2.19. The maximum atomic E-state index is 12.3. The molecule has 0 saturated carbocycles. The number of carboxylic acids is 1. The van der Waals surface area contributed by atoms with Crippen LogP contribution in [0.4, 0.5) is 5.69 Å². The highest BCUT2D eigenvalue weighted by atomic mass is 16.5. The number of aromatic nitrogens is 4. The van der Waals surface area contributed by atoms with Crippen LogP contribution in [0.5, 0.6) is 5.75 Å². The molecule has 0 aliphatic rings. The Morgan fingerprint density at radius 3 is 2.74 bits per heavy atom. The average Bonchev–Trinajstić information content (AvgIpc) is 3.20. The second-order valence-corrected chi connectivity index (χ2v) is 6.14. The molecule has 0 radical (unpaired) electrons. The number of nitrogens with one attached hydrogen (secondary N) is 1. The van der Waals surface area contributed by atoms with Crippen LogP contribution in [0.15, 0.2) is 36.8 Å². The molecular weight excluding hydrogens is 350 g/mol. The normalized spacial score (nSPS) is 10.6. The molecule has 27 heavy (non-hydrogen) atoms. The number of hydrogen-bond donors (Lipinski definition) is 2. The summed E-state index contributed by atoms with van der Waals surface area (Å²) in [4.78, 5) is 23.5. The Bertz CT molecular complexity index is 1010. The number of ether oxygens (including phenoxy) is 1. The smallest absolute Gasteiger partial charge is 0.357 e. The fraction of sp³-hybridized carbons (Fsp3) is 0.222. The summed E-state index contributed by atoms with van der Waals surface area (Å²) in [5, 5.41) is 19.6. The lowest BCUT2D eigenvalue weighted by molar-refractivity contribution is 0.0685. The van der Waals surface area contributed by atoms with Crippen molar-refractivity contribution in [2.45, 2.75) is 20.6 Å². The number of carbonyl (C=O) groups excluding carboxylic acids is 1. The van der Waals surface area contributed by atoms with Gasteiger partial charge in [-0.3, -0.25) is 9.48 Å². The number of carboxylic acid groups (broad SMARTS) is 1. The first-order valence-electron chi connectivity index (χ1n) is 8.14. The average molecular weight is 369 g/mol. The van der Waals surface area contributed by atoms with Gasteiger partial charge in [0, 0.05) is 13.2 Å². The molecule has 0 unspecified atom stereocenters. The van der Waals surface area contributed by atoms with Gasteiger partial charge in [0.25, 0.3) is 5.91 Å². The van der Waals surface area contributed by atoms with Crippen LogP contribution in [-0.2, 0) is 13.8 Å². The first-order chi connectivity index (χ1) is 12.8. The van der Waals surface area contributed by atoms with Gasteiger partial charge in [-0.25, -0.2) is 9.48 Å². The van der Waals surface area contributed by atoms with Gasteiger partial charge in [0.2, 0.25) is 0 Å². The fourth-order valence-corrected chi connectivity index (χ4v) is 2.61. The Kier molecular flexibility index (Phi) is 4.93. The molecule has 3 rings (SSSR count). The number of rotatable bonds is 6. The van der Waals surface area contributed by atoms with Crippen LogP contribution in [0.1, 0.15) is 32.0 Å². The van der Waals surface area contributed by atoms with E-state index >= 15 is 0 Å². The van der Waals surface area contributed by atoms with Gasteiger partial charge < -0.3 is 15.2 Å². The molecule has 0 aliphatic heterocycles. The van der Waals surface area contributed by atoms with E-state index < -0.39 is 11.9 Å². The van der Waals surface area contributed by atoms with Crippen molar-refractivity contribution in [3.8, 4) is 5.75 Å². The van der Waals surface area contributed by atoms with E-state index in [-0.39, 0.29) is 18.0 Å². The molecular formula is C18H19N5O4.